The highest BCUT2D eigenvalue weighted by atomic mass is 35.5. The monoisotopic (exact) mass is 285 g/mol. The molecule has 0 bridgehead atoms. The third-order valence-corrected chi connectivity index (χ3v) is 3.74. The first-order valence-electron chi connectivity index (χ1n) is 6.88. The lowest BCUT2D eigenvalue weighted by molar-refractivity contribution is 0.114. The summed E-state index contributed by atoms with van der Waals surface area (Å²) in [5, 5.41) is 3.74. The van der Waals surface area contributed by atoms with Crippen molar-refractivity contribution in [3.05, 3.63) is 29.0 Å². The lowest BCUT2D eigenvalue weighted by Crippen LogP contribution is -2.30. The van der Waals surface area contributed by atoms with E-state index in [4.69, 9.17) is 16.3 Å². The molecule has 1 heterocycles. The number of rotatable bonds is 5. The summed E-state index contributed by atoms with van der Waals surface area (Å²) in [5.41, 5.74) is 0. The second kappa shape index (κ2) is 6.58. The Kier molecular flexibility index (Phi) is 5.06. The molecule has 0 unspecified atom stereocenters. The van der Waals surface area contributed by atoms with Gasteiger partial charge in [0.1, 0.15) is 6.10 Å². The first-order chi connectivity index (χ1) is 9.06. The van der Waals surface area contributed by atoms with Crippen LogP contribution in [0.1, 0.15) is 26.7 Å². The first kappa shape index (κ1) is 14.6. The minimum absolute atomic E-state index is 0.0608. The first-order valence-corrected chi connectivity index (χ1v) is 7.26. The number of ether oxygens (including phenoxy) is 1. The molecule has 1 fully saturated rings. The zero-order valence-corrected chi connectivity index (χ0v) is 12.2. The van der Waals surface area contributed by atoms with Crippen molar-refractivity contribution >= 4 is 11.6 Å². The van der Waals surface area contributed by atoms with Crippen LogP contribution in [0.25, 0.3) is 0 Å². The van der Waals surface area contributed by atoms with Crippen LogP contribution in [0, 0.1) is 17.7 Å². The van der Waals surface area contributed by atoms with Gasteiger partial charge in [0, 0.05) is 17.5 Å². The third-order valence-electron chi connectivity index (χ3n) is 3.50. The molecule has 0 aliphatic carbocycles. The van der Waals surface area contributed by atoms with E-state index in [0.29, 0.717) is 22.6 Å². The lowest BCUT2D eigenvalue weighted by Gasteiger charge is -2.26. The topological polar surface area (TPSA) is 21.3 Å². The van der Waals surface area contributed by atoms with E-state index in [1.807, 2.05) is 0 Å². The number of hydrogen-bond acceptors (Lipinski definition) is 2. The fourth-order valence-corrected chi connectivity index (χ4v) is 2.69. The van der Waals surface area contributed by atoms with E-state index in [1.54, 1.807) is 12.1 Å². The van der Waals surface area contributed by atoms with Crippen LogP contribution in [0.2, 0.25) is 5.02 Å². The van der Waals surface area contributed by atoms with E-state index in [0.717, 1.165) is 25.9 Å². The van der Waals surface area contributed by atoms with E-state index in [-0.39, 0.29) is 11.9 Å². The van der Waals surface area contributed by atoms with Gasteiger partial charge in [0.2, 0.25) is 0 Å². The maximum absolute atomic E-state index is 13.8. The van der Waals surface area contributed by atoms with Crippen LogP contribution in [-0.4, -0.2) is 19.2 Å². The Bertz CT molecular complexity index is 419. The van der Waals surface area contributed by atoms with Crippen molar-refractivity contribution in [3.8, 4) is 5.75 Å². The SMILES string of the molecule is CC(C)C[C@H](Oc1ccc(Cl)cc1F)[C@H]1CCNC1. The molecule has 2 atom stereocenters. The highest BCUT2D eigenvalue weighted by molar-refractivity contribution is 6.30. The molecule has 1 aromatic rings. The summed E-state index contributed by atoms with van der Waals surface area (Å²) in [5.74, 6) is 0.910. The average Bonchev–Trinajstić information content (AvgIpc) is 2.84. The Hall–Kier alpha value is -0.800. The molecule has 0 amide bonds. The van der Waals surface area contributed by atoms with E-state index in [2.05, 4.69) is 19.2 Å². The van der Waals surface area contributed by atoms with Gasteiger partial charge in [0.25, 0.3) is 0 Å². The van der Waals surface area contributed by atoms with Gasteiger partial charge in [0.05, 0.1) is 0 Å². The van der Waals surface area contributed by atoms with Crippen molar-refractivity contribution in [1.82, 2.24) is 5.32 Å². The highest BCUT2D eigenvalue weighted by Gasteiger charge is 2.27. The molecule has 1 N–H and O–H groups in total. The highest BCUT2D eigenvalue weighted by Crippen LogP contribution is 2.28. The van der Waals surface area contributed by atoms with Gasteiger partial charge >= 0.3 is 0 Å². The normalized spacial score (nSPS) is 20.8. The van der Waals surface area contributed by atoms with Crippen LogP contribution in [-0.2, 0) is 0 Å². The number of halogens is 2. The van der Waals surface area contributed by atoms with Gasteiger partial charge in [-0.3, -0.25) is 0 Å². The Balaban J connectivity index is 2.09. The van der Waals surface area contributed by atoms with E-state index < -0.39 is 0 Å². The molecular weight excluding hydrogens is 265 g/mol. The molecule has 106 valence electrons. The van der Waals surface area contributed by atoms with Crippen molar-refractivity contribution in [2.24, 2.45) is 11.8 Å². The van der Waals surface area contributed by atoms with Gasteiger partial charge in [-0.1, -0.05) is 25.4 Å². The molecule has 0 aromatic heterocycles. The Morgan fingerprint density at radius 3 is 2.84 bits per heavy atom. The predicted molar refractivity (Wildman–Crippen MR) is 76.3 cm³/mol. The standard InChI is InChI=1S/C15H21ClFNO/c1-10(2)7-15(11-5-6-18-9-11)19-14-4-3-12(16)8-13(14)17/h3-4,8,10-11,15,18H,5-7,9H2,1-2H3/t11-,15-/m0/s1. The van der Waals surface area contributed by atoms with Gasteiger partial charge < -0.3 is 10.1 Å². The van der Waals surface area contributed by atoms with E-state index in [1.165, 1.54) is 6.07 Å². The van der Waals surface area contributed by atoms with Crippen LogP contribution >= 0.6 is 11.6 Å². The summed E-state index contributed by atoms with van der Waals surface area (Å²) in [7, 11) is 0. The molecule has 0 radical (unpaired) electrons. The largest absolute Gasteiger partial charge is 0.487 e. The molecule has 19 heavy (non-hydrogen) atoms. The van der Waals surface area contributed by atoms with E-state index in [9.17, 15) is 4.39 Å². The van der Waals surface area contributed by atoms with Crippen LogP contribution < -0.4 is 10.1 Å². The average molecular weight is 286 g/mol. The fourth-order valence-electron chi connectivity index (χ4n) is 2.53. The van der Waals surface area contributed by atoms with Gasteiger partial charge in [-0.05, 0) is 43.5 Å². The van der Waals surface area contributed by atoms with Crippen molar-refractivity contribution in [1.29, 1.82) is 0 Å². The van der Waals surface area contributed by atoms with Crippen LogP contribution in [0.4, 0.5) is 4.39 Å². The zero-order chi connectivity index (χ0) is 13.8. The molecule has 0 saturated carbocycles. The summed E-state index contributed by atoms with van der Waals surface area (Å²) < 4.78 is 19.7. The van der Waals surface area contributed by atoms with E-state index >= 15 is 0 Å². The zero-order valence-electron chi connectivity index (χ0n) is 11.5. The van der Waals surface area contributed by atoms with Crippen LogP contribution in [0.5, 0.6) is 5.75 Å². The molecule has 1 saturated heterocycles. The maximum atomic E-state index is 13.8. The number of hydrogen-bond donors (Lipinski definition) is 1. The second-order valence-electron chi connectivity index (χ2n) is 5.61. The summed E-state index contributed by atoms with van der Waals surface area (Å²) in [6.07, 6.45) is 2.09. The maximum Gasteiger partial charge on any atom is 0.166 e. The van der Waals surface area contributed by atoms with Crippen molar-refractivity contribution in [2.75, 3.05) is 13.1 Å². The minimum atomic E-state index is -0.382. The fraction of sp³-hybridized carbons (Fsp3) is 0.600. The second-order valence-corrected chi connectivity index (χ2v) is 6.05. The van der Waals surface area contributed by atoms with Crippen LogP contribution in [0.15, 0.2) is 18.2 Å². The number of benzene rings is 1. The molecule has 1 aliphatic rings. The number of nitrogens with one attached hydrogen (secondary N) is 1. The summed E-state index contributed by atoms with van der Waals surface area (Å²) in [6.45, 7) is 6.30. The van der Waals surface area contributed by atoms with Crippen molar-refractivity contribution < 1.29 is 9.13 Å². The lowest BCUT2D eigenvalue weighted by atomic mass is 9.93. The van der Waals surface area contributed by atoms with Gasteiger partial charge in [0.15, 0.2) is 11.6 Å². The molecule has 1 aromatic carbocycles. The van der Waals surface area contributed by atoms with Gasteiger partial charge in [-0.2, -0.15) is 0 Å². The molecule has 0 spiro atoms. The smallest absolute Gasteiger partial charge is 0.166 e. The molecule has 2 rings (SSSR count). The molecule has 4 heteroatoms. The summed E-state index contributed by atoms with van der Waals surface area (Å²) in [4.78, 5) is 0. The summed E-state index contributed by atoms with van der Waals surface area (Å²) in [6, 6.07) is 4.59. The van der Waals surface area contributed by atoms with Crippen molar-refractivity contribution in [2.45, 2.75) is 32.8 Å². The van der Waals surface area contributed by atoms with Crippen LogP contribution in [0.3, 0.4) is 0 Å². The van der Waals surface area contributed by atoms with Gasteiger partial charge in [-0.25, -0.2) is 4.39 Å². The quantitative estimate of drug-likeness (QED) is 0.886. The molecule has 1 aliphatic heterocycles. The molecular formula is C15H21ClFNO. The van der Waals surface area contributed by atoms with Gasteiger partial charge in [-0.15, -0.1) is 0 Å². The Morgan fingerprint density at radius 2 is 2.26 bits per heavy atom. The Labute approximate surface area is 119 Å². The summed E-state index contributed by atoms with van der Waals surface area (Å²) >= 11 is 5.76. The third kappa shape index (κ3) is 4.08. The Morgan fingerprint density at radius 1 is 1.47 bits per heavy atom. The molecule has 2 nitrogen and oxygen atoms in total. The van der Waals surface area contributed by atoms with Crippen molar-refractivity contribution in [3.63, 3.8) is 0 Å². The predicted octanol–water partition coefficient (Wildman–Crippen LogP) is 3.88. The minimum Gasteiger partial charge on any atom is -0.487 e.